The van der Waals surface area contributed by atoms with Gasteiger partial charge in [-0.05, 0) is 37.3 Å². The van der Waals surface area contributed by atoms with Gasteiger partial charge in [0.2, 0.25) is 0 Å². The quantitative estimate of drug-likeness (QED) is 0.327. The number of anilines is 1. The summed E-state index contributed by atoms with van der Waals surface area (Å²) in [7, 11) is 0. The number of carbonyl (C=O) groups is 1. The van der Waals surface area contributed by atoms with E-state index in [9.17, 15) is 28.1 Å². The molecule has 178 valence electrons. The smallest absolute Gasteiger partial charge is 0.416 e. The van der Waals surface area contributed by atoms with Gasteiger partial charge in [0.25, 0.3) is 11.6 Å². The van der Waals surface area contributed by atoms with E-state index in [4.69, 9.17) is 16.6 Å². The lowest BCUT2D eigenvalue weighted by Crippen LogP contribution is -2.52. The van der Waals surface area contributed by atoms with Crippen molar-refractivity contribution in [3.05, 3.63) is 69.5 Å². The van der Waals surface area contributed by atoms with Crippen molar-refractivity contribution in [3.8, 4) is 0 Å². The second kappa shape index (κ2) is 8.93. The van der Waals surface area contributed by atoms with Crippen molar-refractivity contribution >= 4 is 45.6 Å². The number of halogens is 3. The number of para-hydroxylation sites is 1. The number of benzene rings is 2. The highest BCUT2D eigenvalue weighted by molar-refractivity contribution is 7.80. The summed E-state index contributed by atoms with van der Waals surface area (Å²) < 4.78 is 44.5. The summed E-state index contributed by atoms with van der Waals surface area (Å²) in [6.45, 7) is 2.95. The number of carbonyl (C=O) groups excluding carboxylic acids is 1. The zero-order valence-corrected chi connectivity index (χ0v) is 18.7. The Bertz CT molecular complexity index is 1280. The van der Waals surface area contributed by atoms with Gasteiger partial charge in [-0.1, -0.05) is 18.2 Å². The Hall–Kier alpha value is -3.67. The highest BCUT2D eigenvalue weighted by Gasteiger charge is 2.34. The summed E-state index contributed by atoms with van der Waals surface area (Å²) in [5.74, 6) is -0.331. The average molecular weight is 492 g/mol. The molecule has 0 unspecified atom stereocenters. The molecule has 34 heavy (non-hydrogen) atoms. The van der Waals surface area contributed by atoms with E-state index < -0.39 is 28.3 Å². The molecule has 0 radical (unpaired) electrons. The van der Waals surface area contributed by atoms with E-state index in [-0.39, 0.29) is 29.6 Å². The molecule has 4 rings (SSSR count). The average Bonchev–Trinajstić information content (AvgIpc) is 3.15. The van der Waals surface area contributed by atoms with Gasteiger partial charge in [0, 0.05) is 43.2 Å². The van der Waals surface area contributed by atoms with Gasteiger partial charge in [-0.15, -0.1) is 0 Å². The molecule has 8 nitrogen and oxygen atoms in total. The number of furan rings is 1. The molecule has 0 bridgehead atoms. The largest absolute Gasteiger partial charge is 0.451 e. The molecule has 1 amide bonds. The minimum atomic E-state index is -4.68. The summed E-state index contributed by atoms with van der Waals surface area (Å²) in [6.07, 6.45) is -4.68. The van der Waals surface area contributed by atoms with E-state index in [0.717, 1.165) is 17.5 Å². The van der Waals surface area contributed by atoms with E-state index in [1.807, 2.05) is 12.1 Å². The van der Waals surface area contributed by atoms with Crippen LogP contribution in [0.4, 0.5) is 24.5 Å². The summed E-state index contributed by atoms with van der Waals surface area (Å²) in [5.41, 5.74) is -0.311. The minimum Gasteiger partial charge on any atom is -0.451 e. The molecule has 1 fully saturated rings. The van der Waals surface area contributed by atoms with E-state index in [1.165, 1.54) is 0 Å². The molecule has 12 heteroatoms. The van der Waals surface area contributed by atoms with E-state index in [2.05, 4.69) is 5.32 Å². The summed E-state index contributed by atoms with van der Waals surface area (Å²) in [6, 6.07) is 9.74. The molecule has 2 heterocycles. The predicted octanol–water partition coefficient (Wildman–Crippen LogP) is 4.51. The van der Waals surface area contributed by atoms with Crippen molar-refractivity contribution in [2.45, 2.75) is 13.1 Å². The van der Waals surface area contributed by atoms with Gasteiger partial charge >= 0.3 is 6.18 Å². The fourth-order valence-electron chi connectivity index (χ4n) is 3.89. The topological polar surface area (TPSA) is 91.9 Å². The number of piperazine rings is 1. The number of thiocarbonyl (C=S) groups is 1. The van der Waals surface area contributed by atoms with E-state index in [0.29, 0.717) is 30.3 Å². The van der Waals surface area contributed by atoms with Crippen molar-refractivity contribution < 1.29 is 27.3 Å². The second-order valence-corrected chi connectivity index (χ2v) is 8.13. The Morgan fingerprint density at radius 3 is 2.44 bits per heavy atom. The molecule has 1 saturated heterocycles. The second-order valence-electron chi connectivity index (χ2n) is 7.74. The van der Waals surface area contributed by atoms with Crippen LogP contribution in [-0.4, -0.2) is 47.0 Å². The lowest BCUT2D eigenvalue weighted by Gasteiger charge is -2.37. The maximum atomic E-state index is 13.0. The van der Waals surface area contributed by atoms with Gasteiger partial charge in [-0.25, -0.2) is 0 Å². The maximum absolute atomic E-state index is 13.0. The molecule has 1 aliphatic heterocycles. The number of aryl methyl sites for hydroxylation is 1. The number of rotatable bonds is 3. The number of nitro groups is 1. The fraction of sp³-hybridized carbons (Fsp3) is 0.273. The Labute approximate surface area is 197 Å². The van der Waals surface area contributed by atoms with Crippen LogP contribution in [0.5, 0.6) is 0 Å². The Morgan fingerprint density at radius 2 is 1.82 bits per heavy atom. The van der Waals surface area contributed by atoms with Gasteiger partial charge in [-0.2, -0.15) is 13.2 Å². The highest BCUT2D eigenvalue weighted by atomic mass is 32.1. The van der Waals surface area contributed by atoms with Crippen LogP contribution in [0.3, 0.4) is 0 Å². The molecule has 0 saturated carbocycles. The Balaban J connectivity index is 1.42. The zero-order chi connectivity index (χ0) is 24.6. The van der Waals surface area contributed by atoms with Crippen LogP contribution in [0.1, 0.15) is 21.7 Å². The van der Waals surface area contributed by atoms with Gasteiger partial charge in [0.1, 0.15) is 11.3 Å². The molecule has 2 aromatic carbocycles. The number of hydrogen-bond donors (Lipinski definition) is 1. The molecular formula is C22H19F3N4O4S. The van der Waals surface area contributed by atoms with Crippen LogP contribution in [-0.2, 0) is 6.18 Å². The summed E-state index contributed by atoms with van der Waals surface area (Å²) in [5, 5.41) is 15.0. The Kier molecular flexibility index (Phi) is 6.17. The normalized spacial score (nSPS) is 14.4. The molecule has 1 aliphatic rings. The van der Waals surface area contributed by atoms with Crippen LogP contribution < -0.4 is 10.2 Å². The Morgan fingerprint density at radius 1 is 1.15 bits per heavy atom. The number of nitro benzene ring substituents is 1. The van der Waals surface area contributed by atoms with Crippen molar-refractivity contribution in [2.24, 2.45) is 0 Å². The summed E-state index contributed by atoms with van der Waals surface area (Å²) >= 11 is 5.36. The number of nitrogens with one attached hydrogen (secondary N) is 1. The van der Waals surface area contributed by atoms with Crippen LogP contribution >= 0.6 is 12.2 Å². The monoisotopic (exact) mass is 492 g/mol. The van der Waals surface area contributed by atoms with Gasteiger partial charge in [0.05, 0.1) is 10.5 Å². The molecule has 0 atom stereocenters. The third-order valence-corrected chi connectivity index (χ3v) is 6.04. The number of nitrogens with zero attached hydrogens (tertiary/aromatic N) is 3. The van der Waals surface area contributed by atoms with Crippen LogP contribution in [0.15, 0.2) is 46.9 Å². The summed E-state index contributed by atoms with van der Waals surface area (Å²) in [4.78, 5) is 26.6. The molecular weight excluding hydrogens is 473 g/mol. The van der Waals surface area contributed by atoms with Gasteiger partial charge in [0.15, 0.2) is 10.9 Å². The lowest BCUT2D eigenvalue weighted by molar-refractivity contribution is -0.384. The van der Waals surface area contributed by atoms with E-state index >= 15 is 0 Å². The first kappa shape index (κ1) is 23.5. The minimum absolute atomic E-state index is 0.102. The first-order valence-electron chi connectivity index (χ1n) is 10.2. The standard InChI is InChI=1S/C22H19F3N4O4S/c1-13-15-4-2-3-5-18(15)33-19(13)20(30)26-21(34)28-10-8-27(9-11-28)16-7-6-14(22(23,24)25)12-17(16)29(31)32/h2-7,12H,8-11H2,1H3,(H,26,30,34). The van der Waals surface area contributed by atoms with Crippen molar-refractivity contribution in [2.75, 3.05) is 31.1 Å². The number of alkyl halides is 3. The third-order valence-electron chi connectivity index (χ3n) is 5.68. The molecule has 1 aromatic heterocycles. The maximum Gasteiger partial charge on any atom is 0.416 e. The molecule has 3 aromatic rings. The highest BCUT2D eigenvalue weighted by Crippen LogP contribution is 2.36. The van der Waals surface area contributed by atoms with Crippen LogP contribution in [0.2, 0.25) is 0 Å². The first-order valence-corrected chi connectivity index (χ1v) is 10.7. The molecule has 0 aliphatic carbocycles. The van der Waals surface area contributed by atoms with Crippen LogP contribution in [0, 0.1) is 17.0 Å². The third kappa shape index (κ3) is 4.53. The number of amides is 1. The van der Waals surface area contributed by atoms with Gasteiger partial charge in [-0.3, -0.25) is 20.2 Å². The number of hydrogen-bond acceptors (Lipinski definition) is 6. The SMILES string of the molecule is Cc1c(C(=O)NC(=S)N2CCN(c3ccc(C(F)(F)F)cc3[N+](=O)[O-])CC2)oc2ccccc12. The molecule has 0 spiro atoms. The van der Waals surface area contributed by atoms with Gasteiger partial charge < -0.3 is 14.2 Å². The lowest BCUT2D eigenvalue weighted by atomic mass is 10.1. The van der Waals surface area contributed by atoms with Crippen molar-refractivity contribution in [1.82, 2.24) is 10.2 Å². The zero-order valence-electron chi connectivity index (χ0n) is 17.9. The van der Waals surface area contributed by atoms with Crippen molar-refractivity contribution in [3.63, 3.8) is 0 Å². The predicted molar refractivity (Wildman–Crippen MR) is 123 cm³/mol. The van der Waals surface area contributed by atoms with E-state index in [1.54, 1.807) is 28.9 Å². The van der Waals surface area contributed by atoms with Crippen molar-refractivity contribution in [1.29, 1.82) is 0 Å². The molecule has 1 N–H and O–H groups in total. The fourth-order valence-corrected chi connectivity index (χ4v) is 4.16. The number of fused-ring (bicyclic) bond motifs is 1. The first-order chi connectivity index (χ1) is 16.1. The van der Waals surface area contributed by atoms with Crippen LogP contribution in [0.25, 0.3) is 11.0 Å².